The maximum absolute atomic E-state index is 13.3. The number of rotatable bonds is 8. The third-order valence-corrected chi connectivity index (χ3v) is 6.51. The van der Waals surface area contributed by atoms with Crippen LogP contribution in [0.2, 0.25) is 0 Å². The van der Waals surface area contributed by atoms with Crippen LogP contribution in [0.3, 0.4) is 0 Å². The summed E-state index contributed by atoms with van der Waals surface area (Å²) < 4.78 is 11.0. The molecule has 2 aromatic rings. The van der Waals surface area contributed by atoms with Crippen LogP contribution < -0.4 is 4.74 Å². The number of aliphatic hydroxyl groups is 1. The Hall–Kier alpha value is -3.42. The number of aryl methyl sites for hydroxylation is 2. The number of morpholine rings is 1. The van der Waals surface area contributed by atoms with E-state index in [9.17, 15) is 14.7 Å². The van der Waals surface area contributed by atoms with Crippen molar-refractivity contribution in [3.8, 4) is 5.75 Å². The van der Waals surface area contributed by atoms with E-state index >= 15 is 0 Å². The third-order valence-electron chi connectivity index (χ3n) is 6.51. The average molecular weight is 477 g/mol. The molecule has 4 rings (SSSR count). The fraction of sp³-hybridized carbons (Fsp3) is 0.357. The highest BCUT2D eigenvalue weighted by atomic mass is 16.5. The van der Waals surface area contributed by atoms with Gasteiger partial charge in [0.2, 0.25) is 0 Å². The lowest BCUT2D eigenvalue weighted by Gasteiger charge is -2.31. The first-order valence-electron chi connectivity index (χ1n) is 11.9. The van der Waals surface area contributed by atoms with E-state index in [1.165, 1.54) is 0 Å². The van der Waals surface area contributed by atoms with Gasteiger partial charge in [0.1, 0.15) is 18.1 Å². The van der Waals surface area contributed by atoms with E-state index in [1.54, 1.807) is 29.2 Å². The van der Waals surface area contributed by atoms with Gasteiger partial charge in [0.05, 0.1) is 24.8 Å². The Morgan fingerprint density at radius 3 is 2.49 bits per heavy atom. The molecule has 0 spiro atoms. The summed E-state index contributed by atoms with van der Waals surface area (Å²) in [5.41, 5.74) is 3.22. The summed E-state index contributed by atoms with van der Waals surface area (Å²) in [6, 6.07) is 12.3. The Balaban J connectivity index is 1.72. The predicted octanol–water partition coefficient (Wildman–Crippen LogP) is 3.62. The van der Waals surface area contributed by atoms with Gasteiger partial charge in [0, 0.05) is 31.7 Å². The lowest BCUT2D eigenvalue weighted by atomic mass is 9.93. The molecule has 184 valence electrons. The van der Waals surface area contributed by atoms with Crippen LogP contribution in [-0.2, 0) is 14.3 Å². The van der Waals surface area contributed by atoms with Gasteiger partial charge in [-0.05, 0) is 43.2 Å². The van der Waals surface area contributed by atoms with E-state index < -0.39 is 17.7 Å². The number of likely N-dealkylation sites (tertiary alicyclic amines) is 1. The highest BCUT2D eigenvalue weighted by molar-refractivity contribution is 6.46. The molecule has 0 bridgehead atoms. The van der Waals surface area contributed by atoms with Crippen molar-refractivity contribution >= 4 is 17.4 Å². The number of carbonyl (C=O) groups excluding carboxylic acids is 2. The van der Waals surface area contributed by atoms with Crippen LogP contribution >= 0.6 is 0 Å². The zero-order valence-electron chi connectivity index (χ0n) is 20.3. The van der Waals surface area contributed by atoms with E-state index in [1.807, 2.05) is 38.1 Å². The SMILES string of the molecule is C=CCOc1ccc(/C(O)=C2\C(=O)C(=O)N(CCN3CCOCC3)C2c2ccc(C)cc2)c(C)c1. The minimum atomic E-state index is -0.665. The van der Waals surface area contributed by atoms with Crippen LogP contribution in [0.15, 0.2) is 60.7 Å². The molecule has 1 N–H and O–H groups in total. The second kappa shape index (κ2) is 10.9. The third kappa shape index (κ3) is 5.31. The van der Waals surface area contributed by atoms with E-state index in [0.29, 0.717) is 44.2 Å². The van der Waals surface area contributed by atoms with Crippen LogP contribution in [0.4, 0.5) is 0 Å². The largest absolute Gasteiger partial charge is 0.507 e. The lowest BCUT2D eigenvalue weighted by molar-refractivity contribution is -0.140. The Morgan fingerprint density at radius 1 is 1.11 bits per heavy atom. The van der Waals surface area contributed by atoms with Crippen LogP contribution in [-0.4, -0.2) is 72.6 Å². The van der Waals surface area contributed by atoms with Crippen molar-refractivity contribution in [2.24, 2.45) is 0 Å². The summed E-state index contributed by atoms with van der Waals surface area (Å²) >= 11 is 0. The molecule has 2 heterocycles. The van der Waals surface area contributed by atoms with Gasteiger partial charge >= 0.3 is 0 Å². The number of carbonyl (C=O) groups is 2. The van der Waals surface area contributed by atoms with Crippen LogP contribution in [0.1, 0.15) is 28.3 Å². The zero-order chi connectivity index (χ0) is 24.9. The van der Waals surface area contributed by atoms with Crippen LogP contribution in [0, 0.1) is 13.8 Å². The first-order valence-corrected chi connectivity index (χ1v) is 11.9. The predicted molar refractivity (Wildman–Crippen MR) is 134 cm³/mol. The second-order valence-corrected chi connectivity index (χ2v) is 8.93. The van der Waals surface area contributed by atoms with E-state index in [2.05, 4.69) is 11.5 Å². The molecule has 2 saturated heterocycles. The van der Waals surface area contributed by atoms with Gasteiger partial charge in [-0.25, -0.2) is 0 Å². The standard InChI is InChI=1S/C28H32N2O5/c1-4-15-35-22-9-10-23(20(3)18-22)26(31)24-25(21-7-5-19(2)6-8-21)30(28(33)27(24)32)12-11-29-13-16-34-17-14-29/h4-10,18,25,31H,1,11-17H2,2-3H3/b26-24+. The minimum absolute atomic E-state index is 0.115. The number of amides is 1. The number of hydrogen-bond donors (Lipinski definition) is 1. The molecule has 1 amide bonds. The molecule has 0 radical (unpaired) electrons. The number of benzene rings is 2. The molecule has 0 saturated carbocycles. The number of ketones is 1. The normalized spacial score (nSPS) is 20.3. The summed E-state index contributed by atoms with van der Waals surface area (Å²) in [5.74, 6) is -0.786. The number of aliphatic hydroxyl groups excluding tert-OH is 1. The van der Waals surface area contributed by atoms with E-state index in [-0.39, 0.29) is 11.3 Å². The molecule has 1 unspecified atom stereocenters. The van der Waals surface area contributed by atoms with Crippen molar-refractivity contribution in [2.75, 3.05) is 46.0 Å². The Bertz CT molecular complexity index is 1130. The number of Topliss-reactive ketones (excluding diaryl/α,β-unsaturated/α-hetero) is 1. The maximum Gasteiger partial charge on any atom is 0.295 e. The van der Waals surface area contributed by atoms with Crippen molar-refractivity contribution in [3.63, 3.8) is 0 Å². The number of hydrogen-bond acceptors (Lipinski definition) is 6. The van der Waals surface area contributed by atoms with Gasteiger partial charge in [-0.2, -0.15) is 0 Å². The summed E-state index contributed by atoms with van der Waals surface area (Å²) in [7, 11) is 0. The smallest absolute Gasteiger partial charge is 0.295 e. The van der Waals surface area contributed by atoms with Crippen molar-refractivity contribution < 1.29 is 24.2 Å². The summed E-state index contributed by atoms with van der Waals surface area (Å²) in [5, 5.41) is 11.4. The number of nitrogens with zero attached hydrogens (tertiary/aromatic N) is 2. The molecular weight excluding hydrogens is 444 g/mol. The number of ether oxygens (including phenoxy) is 2. The van der Waals surface area contributed by atoms with Crippen molar-refractivity contribution in [1.29, 1.82) is 0 Å². The second-order valence-electron chi connectivity index (χ2n) is 8.93. The van der Waals surface area contributed by atoms with E-state index in [0.717, 1.165) is 29.8 Å². The van der Waals surface area contributed by atoms with E-state index in [4.69, 9.17) is 9.47 Å². The summed E-state index contributed by atoms with van der Waals surface area (Å²) in [6.45, 7) is 11.8. The fourth-order valence-corrected chi connectivity index (χ4v) is 4.57. The molecule has 0 aliphatic carbocycles. The van der Waals surface area contributed by atoms with Crippen molar-refractivity contribution in [1.82, 2.24) is 9.80 Å². The van der Waals surface area contributed by atoms with Crippen LogP contribution in [0.25, 0.3) is 5.76 Å². The van der Waals surface area contributed by atoms with Crippen molar-refractivity contribution in [2.45, 2.75) is 19.9 Å². The zero-order valence-corrected chi connectivity index (χ0v) is 20.3. The molecule has 2 aromatic carbocycles. The Labute approximate surface area is 206 Å². The molecule has 2 aliphatic rings. The maximum atomic E-state index is 13.3. The van der Waals surface area contributed by atoms with Gasteiger partial charge in [0.15, 0.2) is 0 Å². The fourth-order valence-electron chi connectivity index (χ4n) is 4.57. The highest BCUT2D eigenvalue weighted by Gasteiger charge is 2.46. The van der Waals surface area contributed by atoms with Gasteiger partial charge in [-0.3, -0.25) is 14.5 Å². The molecule has 1 atom stereocenters. The molecule has 7 heteroatoms. The molecule has 2 aliphatic heterocycles. The first kappa shape index (κ1) is 24.7. The monoisotopic (exact) mass is 476 g/mol. The molecular formula is C28H32N2O5. The van der Waals surface area contributed by atoms with Gasteiger partial charge in [-0.1, -0.05) is 42.5 Å². The van der Waals surface area contributed by atoms with Crippen LogP contribution in [0.5, 0.6) is 5.75 Å². The lowest BCUT2D eigenvalue weighted by Crippen LogP contribution is -2.42. The van der Waals surface area contributed by atoms with Crippen molar-refractivity contribution in [3.05, 3.63) is 82.9 Å². The highest BCUT2D eigenvalue weighted by Crippen LogP contribution is 2.40. The minimum Gasteiger partial charge on any atom is -0.507 e. The molecule has 35 heavy (non-hydrogen) atoms. The Morgan fingerprint density at radius 2 is 1.83 bits per heavy atom. The molecule has 2 fully saturated rings. The quantitative estimate of drug-likeness (QED) is 0.271. The summed E-state index contributed by atoms with van der Waals surface area (Å²) in [6.07, 6.45) is 1.66. The summed E-state index contributed by atoms with van der Waals surface area (Å²) in [4.78, 5) is 30.3. The van der Waals surface area contributed by atoms with Gasteiger partial charge in [0.25, 0.3) is 11.7 Å². The topological polar surface area (TPSA) is 79.3 Å². The molecule has 7 nitrogen and oxygen atoms in total. The van der Waals surface area contributed by atoms with Gasteiger partial charge in [-0.15, -0.1) is 0 Å². The first-order chi connectivity index (χ1) is 16.9. The Kier molecular flexibility index (Phi) is 7.68. The molecule has 0 aromatic heterocycles. The average Bonchev–Trinajstić information content (AvgIpc) is 3.12. The van der Waals surface area contributed by atoms with Gasteiger partial charge < -0.3 is 19.5 Å².